The van der Waals surface area contributed by atoms with Crippen LogP contribution in [0.15, 0.2) is 0 Å². The zero-order valence-corrected chi connectivity index (χ0v) is 12.8. The molecule has 0 aliphatic heterocycles. The van der Waals surface area contributed by atoms with Crippen LogP contribution in [0.1, 0.15) is 41.5 Å². The van der Waals surface area contributed by atoms with Gasteiger partial charge in [-0.05, 0) is 32.4 Å². The minimum atomic E-state index is -0.385. The number of carbonyl (C=O) groups excluding carboxylic acids is 2. The molecule has 18 heavy (non-hydrogen) atoms. The molecular weight excluding hydrogens is 228 g/mol. The normalized spacial score (nSPS) is 15.0. The van der Waals surface area contributed by atoms with E-state index < -0.39 is 0 Å². The van der Waals surface area contributed by atoms with E-state index in [1.165, 1.54) is 6.92 Å². The molecule has 0 saturated heterocycles. The lowest BCUT2D eigenvalue weighted by Gasteiger charge is -2.31. The number of carbonyl (C=O) groups is 2. The van der Waals surface area contributed by atoms with Crippen LogP contribution in [-0.2, 0) is 9.59 Å². The van der Waals surface area contributed by atoms with Crippen molar-refractivity contribution in [3.05, 3.63) is 0 Å². The molecule has 1 N–H and O–H groups in total. The zero-order chi connectivity index (χ0) is 14.5. The van der Waals surface area contributed by atoms with Crippen molar-refractivity contribution in [3.8, 4) is 0 Å². The van der Waals surface area contributed by atoms with Gasteiger partial charge in [0, 0.05) is 0 Å². The maximum atomic E-state index is 12.3. The standard InChI is InChI=1S/C14H28N2O2/c1-8-16(7)13(10(4)5)14(18)15-12(9(2)3)11(6)17/h9-10,12-13H,8H2,1-7H3,(H,15,18)/t12-,13-/m0/s1. The molecule has 0 saturated carbocycles. The maximum absolute atomic E-state index is 12.3. The van der Waals surface area contributed by atoms with Crippen LogP contribution in [0.4, 0.5) is 0 Å². The first-order chi connectivity index (χ1) is 8.22. The fraction of sp³-hybridized carbons (Fsp3) is 0.857. The highest BCUT2D eigenvalue weighted by Gasteiger charge is 2.29. The monoisotopic (exact) mass is 256 g/mol. The molecule has 4 heteroatoms. The molecule has 0 fully saturated rings. The van der Waals surface area contributed by atoms with Crippen LogP contribution in [0.2, 0.25) is 0 Å². The van der Waals surface area contributed by atoms with Crippen LogP contribution in [0, 0.1) is 11.8 Å². The SMILES string of the molecule is CCN(C)[C@H](C(=O)N[C@H](C(C)=O)C(C)C)C(C)C. The molecule has 0 aromatic rings. The Morgan fingerprint density at radius 2 is 1.61 bits per heavy atom. The summed E-state index contributed by atoms with van der Waals surface area (Å²) >= 11 is 0. The number of hydrogen-bond acceptors (Lipinski definition) is 3. The van der Waals surface area contributed by atoms with Crippen LogP contribution in [0.25, 0.3) is 0 Å². The molecule has 0 aromatic heterocycles. The first kappa shape index (κ1) is 17.1. The molecule has 0 aliphatic carbocycles. The van der Waals surface area contributed by atoms with Gasteiger partial charge in [0.05, 0.1) is 12.1 Å². The molecule has 0 bridgehead atoms. The molecule has 0 radical (unpaired) electrons. The predicted octanol–water partition coefficient (Wildman–Crippen LogP) is 1.69. The number of ketones is 1. The second-order valence-electron chi connectivity index (χ2n) is 5.60. The van der Waals surface area contributed by atoms with E-state index in [0.717, 1.165) is 6.54 Å². The molecule has 1 amide bonds. The molecule has 2 atom stereocenters. The minimum Gasteiger partial charge on any atom is -0.345 e. The number of likely N-dealkylation sites (N-methyl/N-ethyl adjacent to an activating group) is 1. The largest absolute Gasteiger partial charge is 0.345 e. The van der Waals surface area contributed by atoms with Crippen molar-refractivity contribution in [2.75, 3.05) is 13.6 Å². The molecule has 0 heterocycles. The van der Waals surface area contributed by atoms with Crippen molar-refractivity contribution < 1.29 is 9.59 Å². The second kappa shape index (κ2) is 7.52. The highest BCUT2D eigenvalue weighted by molar-refractivity contribution is 5.89. The van der Waals surface area contributed by atoms with Gasteiger partial charge >= 0.3 is 0 Å². The van der Waals surface area contributed by atoms with Crippen LogP contribution >= 0.6 is 0 Å². The Balaban J connectivity index is 4.84. The van der Waals surface area contributed by atoms with Crippen molar-refractivity contribution in [2.45, 2.75) is 53.6 Å². The summed E-state index contributed by atoms with van der Waals surface area (Å²) in [5.41, 5.74) is 0. The summed E-state index contributed by atoms with van der Waals surface area (Å²) in [6.07, 6.45) is 0. The van der Waals surface area contributed by atoms with E-state index in [2.05, 4.69) is 5.32 Å². The smallest absolute Gasteiger partial charge is 0.238 e. The quantitative estimate of drug-likeness (QED) is 0.754. The number of hydrogen-bond donors (Lipinski definition) is 1. The second-order valence-corrected chi connectivity index (χ2v) is 5.60. The van der Waals surface area contributed by atoms with Crippen molar-refractivity contribution in [1.29, 1.82) is 0 Å². The molecule has 4 nitrogen and oxygen atoms in total. The summed E-state index contributed by atoms with van der Waals surface area (Å²) < 4.78 is 0. The number of nitrogens with zero attached hydrogens (tertiary/aromatic N) is 1. The summed E-state index contributed by atoms with van der Waals surface area (Å²) in [6.45, 7) is 12.3. The fourth-order valence-corrected chi connectivity index (χ4v) is 2.18. The average Bonchev–Trinajstić information content (AvgIpc) is 2.24. The van der Waals surface area contributed by atoms with Crippen molar-refractivity contribution >= 4 is 11.7 Å². The first-order valence-electron chi connectivity index (χ1n) is 6.73. The molecule has 0 aliphatic rings. The lowest BCUT2D eigenvalue weighted by atomic mass is 9.97. The zero-order valence-electron chi connectivity index (χ0n) is 12.8. The topological polar surface area (TPSA) is 49.4 Å². The van der Waals surface area contributed by atoms with Gasteiger partial charge in [-0.15, -0.1) is 0 Å². The van der Waals surface area contributed by atoms with E-state index in [1.807, 2.05) is 46.6 Å². The number of rotatable bonds is 7. The highest BCUT2D eigenvalue weighted by atomic mass is 16.2. The Hall–Kier alpha value is -0.900. The Morgan fingerprint density at radius 1 is 1.11 bits per heavy atom. The van der Waals surface area contributed by atoms with E-state index in [1.54, 1.807) is 0 Å². The van der Waals surface area contributed by atoms with E-state index in [4.69, 9.17) is 0 Å². The van der Waals surface area contributed by atoms with E-state index >= 15 is 0 Å². The van der Waals surface area contributed by atoms with Crippen LogP contribution < -0.4 is 5.32 Å². The Labute approximate surface area is 111 Å². The fourth-order valence-electron chi connectivity index (χ4n) is 2.18. The van der Waals surface area contributed by atoms with Crippen LogP contribution in [0.5, 0.6) is 0 Å². The highest BCUT2D eigenvalue weighted by Crippen LogP contribution is 2.11. The Kier molecular flexibility index (Phi) is 7.14. The van der Waals surface area contributed by atoms with Crippen molar-refractivity contribution in [1.82, 2.24) is 10.2 Å². The van der Waals surface area contributed by atoms with Gasteiger partial charge in [-0.3, -0.25) is 14.5 Å². The Morgan fingerprint density at radius 3 is 1.89 bits per heavy atom. The van der Waals surface area contributed by atoms with Crippen LogP contribution in [0.3, 0.4) is 0 Å². The average molecular weight is 256 g/mol. The summed E-state index contributed by atoms with van der Waals surface area (Å²) in [7, 11) is 1.93. The number of amides is 1. The molecular formula is C14H28N2O2. The van der Waals surface area contributed by atoms with Gasteiger partial charge in [0.1, 0.15) is 0 Å². The van der Waals surface area contributed by atoms with E-state index in [-0.39, 0.29) is 35.6 Å². The Bertz CT molecular complexity index is 288. The van der Waals surface area contributed by atoms with Gasteiger partial charge in [0.15, 0.2) is 5.78 Å². The first-order valence-corrected chi connectivity index (χ1v) is 6.73. The van der Waals surface area contributed by atoms with Gasteiger partial charge < -0.3 is 5.32 Å². The molecule has 0 rings (SSSR count). The van der Waals surface area contributed by atoms with E-state index in [0.29, 0.717) is 0 Å². The molecule has 0 unspecified atom stereocenters. The number of Topliss-reactive ketones (excluding diaryl/α,β-unsaturated/α-hetero) is 1. The van der Waals surface area contributed by atoms with Crippen LogP contribution in [-0.4, -0.2) is 42.3 Å². The van der Waals surface area contributed by atoms with Gasteiger partial charge in [-0.25, -0.2) is 0 Å². The van der Waals surface area contributed by atoms with Gasteiger partial charge in [-0.1, -0.05) is 34.6 Å². The number of nitrogens with one attached hydrogen (secondary N) is 1. The minimum absolute atomic E-state index is 0.0139. The lowest BCUT2D eigenvalue weighted by molar-refractivity contribution is -0.132. The van der Waals surface area contributed by atoms with Crippen molar-refractivity contribution in [2.24, 2.45) is 11.8 Å². The third-order valence-electron chi connectivity index (χ3n) is 3.28. The molecule has 106 valence electrons. The van der Waals surface area contributed by atoms with Gasteiger partial charge in [0.25, 0.3) is 0 Å². The summed E-state index contributed by atoms with van der Waals surface area (Å²) in [5, 5.41) is 2.88. The third kappa shape index (κ3) is 4.77. The predicted molar refractivity (Wildman–Crippen MR) is 74.4 cm³/mol. The summed E-state index contributed by atoms with van der Waals surface area (Å²) in [4.78, 5) is 25.8. The summed E-state index contributed by atoms with van der Waals surface area (Å²) in [5.74, 6) is 0.296. The molecule has 0 spiro atoms. The maximum Gasteiger partial charge on any atom is 0.238 e. The molecule has 0 aromatic carbocycles. The van der Waals surface area contributed by atoms with Crippen molar-refractivity contribution in [3.63, 3.8) is 0 Å². The third-order valence-corrected chi connectivity index (χ3v) is 3.28. The lowest BCUT2D eigenvalue weighted by Crippen LogP contribution is -2.53. The summed E-state index contributed by atoms with van der Waals surface area (Å²) in [6, 6.07) is -0.570. The van der Waals surface area contributed by atoms with E-state index in [9.17, 15) is 9.59 Å². The van der Waals surface area contributed by atoms with Gasteiger partial charge in [0.2, 0.25) is 5.91 Å². The van der Waals surface area contributed by atoms with Gasteiger partial charge in [-0.2, -0.15) is 0 Å².